The molecule has 0 atom stereocenters. The molecule has 3 N–H and O–H groups in total. The molecule has 0 saturated carbocycles. The van der Waals surface area contributed by atoms with E-state index >= 15 is 0 Å². The van der Waals surface area contributed by atoms with Gasteiger partial charge in [0.05, 0.1) is 19.3 Å². The molecule has 0 aliphatic heterocycles. The number of nitrogens with two attached hydrogens (primary N) is 1. The predicted molar refractivity (Wildman–Crippen MR) is 115 cm³/mol. The third kappa shape index (κ3) is 7.64. The van der Waals surface area contributed by atoms with Gasteiger partial charge < -0.3 is 15.8 Å². The molecule has 0 fully saturated rings. The zero-order chi connectivity index (χ0) is 20.0. The van der Waals surface area contributed by atoms with Crippen LogP contribution in [0.15, 0.2) is 72.0 Å². The fourth-order valence-electron chi connectivity index (χ4n) is 2.45. The molecule has 0 amide bonds. The largest absolute Gasteiger partial charge is 0.573 e. The standard InChI is InChI=1S/C19H18F3N5O.HI/c20-19(21,22)28-17-8-6-16(7-9-17)26-18(23)24-10-15-11-25-27(13-15)12-14-4-2-1-3-5-14;/h1-9,11,13H,10,12H2,(H3,23,24,26);1H. The van der Waals surface area contributed by atoms with Gasteiger partial charge in [-0.3, -0.25) is 4.68 Å². The van der Waals surface area contributed by atoms with Crippen LogP contribution in [0, 0.1) is 0 Å². The van der Waals surface area contributed by atoms with Crippen molar-refractivity contribution in [3.8, 4) is 5.75 Å². The van der Waals surface area contributed by atoms with E-state index in [-0.39, 0.29) is 35.7 Å². The Kier molecular flexibility index (Phi) is 7.88. The van der Waals surface area contributed by atoms with E-state index in [1.165, 1.54) is 24.3 Å². The minimum atomic E-state index is -4.72. The van der Waals surface area contributed by atoms with Gasteiger partial charge in [0.1, 0.15) is 5.75 Å². The first kappa shape index (κ1) is 22.5. The number of hydrogen-bond donors (Lipinski definition) is 2. The quantitative estimate of drug-likeness (QED) is 0.289. The van der Waals surface area contributed by atoms with Gasteiger partial charge in [-0.2, -0.15) is 5.10 Å². The lowest BCUT2D eigenvalue weighted by Gasteiger charge is -2.10. The number of guanidine groups is 1. The van der Waals surface area contributed by atoms with Crippen LogP contribution in [0.5, 0.6) is 5.75 Å². The molecule has 0 aliphatic rings. The van der Waals surface area contributed by atoms with Gasteiger partial charge in [0.2, 0.25) is 0 Å². The Morgan fingerprint density at radius 1 is 1.07 bits per heavy atom. The topological polar surface area (TPSA) is 77.5 Å². The molecule has 154 valence electrons. The number of nitrogens with one attached hydrogen (secondary N) is 1. The maximum atomic E-state index is 12.2. The van der Waals surface area contributed by atoms with Crippen LogP contribution in [0.1, 0.15) is 11.1 Å². The van der Waals surface area contributed by atoms with Crippen molar-refractivity contribution >= 4 is 35.6 Å². The molecule has 0 unspecified atom stereocenters. The molecule has 10 heteroatoms. The van der Waals surface area contributed by atoms with Gasteiger partial charge in [0, 0.05) is 17.4 Å². The van der Waals surface area contributed by atoms with Gasteiger partial charge in [-0.05, 0) is 29.8 Å². The number of benzene rings is 2. The van der Waals surface area contributed by atoms with Crippen LogP contribution in [-0.2, 0) is 13.1 Å². The summed E-state index contributed by atoms with van der Waals surface area (Å²) >= 11 is 0. The van der Waals surface area contributed by atoms with Crippen LogP contribution < -0.4 is 15.8 Å². The first-order valence-electron chi connectivity index (χ1n) is 8.35. The monoisotopic (exact) mass is 517 g/mol. The molecule has 0 aliphatic carbocycles. The lowest BCUT2D eigenvalue weighted by Crippen LogP contribution is -2.22. The second-order valence-electron chi connectivity index (χ2n) is 5.93. The van der Waals surface area contributed by atoms with E-state index < -0.39 is 6.36 Å². The highest BCUT2D eigenvalue weighted by atomic mass is 127. The molecule has 2 aromatic carbocycles. The number of anilines is 1. The lowest BCUT2D eigenvalue weighted by atomic mass is 10.2. The molecule has 1 heterocycles. The molecular formula is C19H19F3IN5O. The zero-order valence-electron chi connectivity index (χ0n) is 15.1. The Labute approximate surface area is 182 Å². The van der Waals surface area contributed by atoms with Gasteiger partial charge >= 0.3 is 6.36 Å². The lowest BCUT2D eigenvalue weighted by molar-refractivity contribution is -0.274. The molecule has 0 saturated heterocycles. The summed E-state index contributed by atoms with van der Waals surface area (Å²) in [4.78, 5) is 4.21. The van der Waals surface area contributed by atoms with Crippen molar-refractivity contribution in [1.82, 2.24) is 9.78 Å². The van der Waals surface area contributed by atoms with Crippen LogP contribution in [0.3, 0.4) is 0 Å². The van der Waals surface area contributed by atoms with E-state index in [0.717, 1.165) is 11.1 Å². The molecule has 6 nitrogen and oxygen atoms in total. The molecule has 29 heavy (non-hydrogen) atoms. The predicted octanol–water partition coefficient (Wildman–Crippen LogP) is 4.37. The second-order valence-corrected chi connectivity index (χ2v) is 5.93. The first-order chi connectivity index (χ1) is 13.4. The molecule has 3 rings (SSSR count). The highest BCUT2D eigenvalue weighted by Crippen LogP contribution is 2.23. The summed E-state index contributed by atoms with van der Waals surface area (Å²) in [7, 11) is 0. The highest BCUT2D eigenvalue weighted by molar-refractivity contribution is 14.0. The van der Waals surface area contributed by atoms with Crippen molar-refractivity contribution in [1.29, 1.82) is 0 Å². The molecule has 0 radical (unpaired) electrons. The van der Waals surface area contributed by atoms with Crippen LogP contribution in [0.2, 0.25) is 0 Å². The van der Waals surface area contributed by atoms with Crippen molar-refractivity contribution in [2.45, 2.75) is 19.5 Å². The minimum absolute atomic E-state index is 0. The highest BCUT2D eigenvalue weighted by Gasteiger charge is 2.30. The van der Waals surface area contributed by atoms with Gasteiger partial charge in [0.25, 0.3) is 0 Å². The Hall–Kier alpha value is -2.76. The summed E-state index contributed by atoms with van der Waals surface area (Å²) in [6, 6.07) is 15.2. The van der Waals surface area contributed by atoms with Crippen LogP contribution in [0.25, 0.3) is 0 Å². The van der Waals surface area contributed by atoms with E-state index in [2.05, 4.69) is 20.1 Å². The van der Waals surface area contributed by atoms with E-state index in [9.17, 15) is 13.2 Å². The zero-order valence-corrected chi connectivity index (χ0v) is 17.5. The second kappa shape index (κ2) is 10.1. The molecule has 0 bridgehead atoms. The average molecular weight is 517 g/mol. The molecule has 3 aromatic rings. The normalized spacial score (nSPS) is 11.6. The number of ether oxygens (including phenoxy) is 1. The Bertz CT molecular complexity index is 927. The van der Waals surface area contributed by atoms with Gasteiger partial charge in [0.15, 0.2) is 5.96 Å². The average Bonchev–Trinajstić information content (AvgIpc) is 3.09. The summed E-state index contributed by atoms with van der Waals surface area (Å²) in [6.45, 7) is 0.980. The fourth-order valence-corrected chi connectivity index (χ4v) is 2.45. The fraction of sp³-hybridized carbons (Fsp3) is 0.158. The molecule has 1 aromatic heterocycles. The van der Waals surface area contributed by atoms with Crippen molar-refractivity contribution in [3.05, 3.63) is 78.1 Å². The van der Waals surface area contributed by atoms with E-state index in [4.69, 9.17) is 5.73 Å². The van der Waals surface area contributed by atoms with Crippen LogP contribution in [-0.4, -0.2) is 22.1 Å². The summed E-state index contributed by atoms with van der Waals surface area (Å²) in [5.41, 5.74) is 8.34. The van der Waals surface area contributed by atoms with Crippen molar-refractivity contribution in [2.24, 2.45) is 10.7 Å². The maximum Gasteiger partial charge on any atom is 0.573 e. The van der Waals surface area contributed by atoms with Gasteiger partial charge in [-0.1, -0.05) is 30.3 Å². The van der Waals surface area contributed by atoms with Crippen molar-refractivity contribution in [2.75, 3.05) is 5.32 Å². The summed E-state index contributed by atoms with van der Waals surface area (Å²) in [6.07, 6.45) is -1.13. The number of aromatic nitrogens is 2. The third-order valence-corrected chi connectivity index (χ3v) is 3.67. The van der Waals surface area contributed by atoms with Crippen LogP contribution in [0.4, 0.5) is 18.9 Å². The number of alkyl halides is 3. The van der Waals surface area contributed by atoms with Gasteiger partial charge in [-0.25, -0.2) is 4.99 Å². The SMILES string of the molecule is I.NC(=NCc1cnn(Cc2ccccc2)c1)Nc1ccc(OC(F)(F)F)cc1. The summed E-state index contributed by atoms with van der Waals surface area (Å²) < 4.78 is 42.1. The minimum Gasteiger partial charge on any atom is -0.406 e. The Morgan fingerprint density at radius 2 is 1.76 bits per heavy atom. The number of nitrogens with zero attached hydrogens (tertiary/aromatic N) is 3. The Morgan fingerprint density at radius 3 is 2.41 bits per heavy atom. The smallest absolute Gasteiger partial charge is 0.406 e. The maximum absolute atomic E-state index is 12.2. The van der Waals surface area contributed by atoms with Crippen molar-refractivity contribution < 1.29 is 17.9 Å². The molecule has 0 spiro atoms. The number of aliphatic imine (C=N–C) groups is 1. The number of rotatable bonds is 6. The van der Waals surface area contributed by atoms with E-state index in [1.807, 2.05) is 41.2 Å². The summed E-state index contributed by atoms with van der Waals surface area (Å²) in [5.74, 6) is -0.167. The Balaban J connectivity index is 0.00000300. The third-order valence-electron chi connectivity index (χ3n) is 3.67. The molecular weight excluding hydrogens is 498 g/mol. The summed E-state index contributed by atoms with van der Waals surface area (Å²) in [5, 5.41) is 7.11. The van der Waals surface area contributed by atoms with Crippen molar-refractivity contribution in [3.63, 3.8) is 0 Å². The first-order valence-corrected chi connectivity index (χ1v) is 8.35. The van der Waals surface area contributed by atoms with Gasteiger partial charge in [-0.15, -0.1) is 37.1 Å². The number of hydrogen-bond acceptors (Lipinski definition) is 3. The van der Waals surface area contributed by atoms with E-state index in [1.54, 1.807) is 6.20 Å². The number of halogens is 4. The van der Waals surface area contributed by atoms with Crippen LogP contribution >= 0.6 is 24.0 Å². The van der Waals surface area contributed by atoms with E-state index in [0.29, 0.717) is 18.8 Å².